The van der Waals surface area contributed by atoms with Gasteiger partial charge in [0.05, 0.1) is 4.92 Å². The topological polar surface area (TPSA) is 72.2 Å². The van der Waals surface area contributed by atoms with Crippen molar-refractivity contribution in [1.82, 2.24) is 5.32 Å². The SMILES string of the molecule is CCC(Cc1ccccc1)NC(=O)c1ccc([N+](=O)[O-])cc1. The fourth-order valence-electron chi connectivity index (χ4n) is 2.20. The summed E-state index contributed by atoms with van der Waals surface area (Å²) in [5.74, 6) is -0.210. The molecule has 1 atom stereocenters. The van der Waals surface area contributed by atoms with Gasteiger partial charge in [-0.05, 0) is 30.5 Å². The molecular formula is C17H18N2O3. The third-order valence-electron chi connectivity index (χ3n) is 3.49. The van der Waals surface area contributed by atoms with Gasteiger partial charge >= 0.3 is 0 Å². The highest BCUT2D eigenvalue weighted by Crippen LogP contribution is 2.13. The second kappa shape index (κ2) is 7.36. The van der Waals surface area contributed by atoms with E-state index in [0.717, 1.165) is 12.8 Å². The second-order valence-corrected chi connectivity index (χ2v) is 5.07. The summed E-state index contributed by atoms with van der Waals surface area (Å²) in [5, 5.41) is 13.6. The van der Waals surface area contributed by atoms with Crippen LogP contribution in [0.15, 0.2) is 54.6 Å². The highest BCUT2D eigenvalue weighted by atomic mass is 16.6. The van der Waals surface area contributed by atoms with Crippen LogP contribution >= 0.6 is 0 Å². The molecule has 5 nitrogen and oxygen atoms in total. The Hall–Kier alpha value is -2.69. The van der Waals surface area contributed by atoms with Crippen molar-refractivity contribution in [3.63, 3.8) is 0 Å². The van der Waals surface area contributed by atoms with E-state index in [2.05, 4.69) is 5.32 Å². The zero-order chi connectivity index (χ0) is 15.9. The number of non-ortho nitro benzene ring substituents is 1. The van der Waals surface area contributed by atoms with Gasteiger partial charge in [0.15, 0.2) is 0 Å². The summed E-state index contributed by atoms with van der Waals surface area (Å²) >= 11 is 0. The number of benzene rings is 2. The molecule has 0 aliphatic carbocycles. The lowest BCUT2D eigenvalue weighted by atomic mass is 10.0. The van der Waals surface area contributed by atoms with Crippen LogP contribution in [0.4, 0.5) is 5.69 Å². The minimum atomic E-state index is -0.480. The van der Waals surface area contributed by atoms with Crippen LogP contribution in [-0.2, 0) is 6.42 Å². The molecule has 1 unspecified atom stereocenters. The summed E-state index contributed by atoms with van der Waals surface area (Å²) < 4.78 is 0. The highest BCUT2D eigenvalue weighted by molar-refractivity contribution is 5.94. The lowest BCUT2D eigenvalue weighted by molar-refractivity contribution is -0.384. The lowest BCUT2D eigenvalue weighted by Crippen LogP contribution is -2.35. The Bertz CT molecular complexity index is 639. The molecule has 5 heteroatoms. The predicted octanol–water partition coefficient (Wildman–Crippen LogP) is 3.35. The first kappa shape index (κ1) is 15.7. The molecule has 0 aliphatic heterocycles. The summed E-state index contributed by atoms with van der Waals surface area (Å²) in [4.78, 5) is 22.3. The molecule has 2 aromatic rings. The van der Waals surface area contributed by atoms with E-state index in [1.54, 1.807) is 0 Å². The second-order valence-electron chi connectivity index (χ2n) is 5.07. The van der Waals surface area contributed by atoms with Gasteiger partial charge in [0.25, 0.3) is 11.6 Å². The molecule has 0 aromatic heterocycles. The van der Waals surface area contributed by atoms with Crippen LogP contribution in [-0.4, -0.2) is 16.9 Å². The van der Waals surface area contributed by atoms with E-state index in [9.17, 15) is 14.9 Å². The first-order chi connectivity index (χ1) is 10.6. The zero-order valence-corrected chi connectivity index (χ0v) is 12.4. The summed E-state index contributed by atoms with van der Waals surface area (Å²) in [6.45, 7) is 2.02. The quantitative estimate of drug-likeness (QED) is 0.656. The Morgan fingerprint density at radius 2 is 1.77 bits per heavy atom. The number of hydrogen-bond donors (Lipinski definition) is 1. The molecule has 0 radical (unpaired) electrons. The number of amides is 1. The molecule has 22 heavy (non-hydrogen) atoms. The van der Waals surface area contributed by atoms with E-state index >= 15 is 0 Å². The maximum Gasteiger partial charge on any atom is 0.269 e. The number of hydrogen-bond acceptors (Lipinski definition) is 3. The Labute approximate surface area is 129 Å². The van der Waals surface area contributed by atoms with Crippen LogP contribution < -0.4 is 5.32 Å². The molecule has 0 heterocycles. The highest BCUT2D eigenvalue weighted by Gasteiger charge is 2.14. The van der Waals surface area contributed by atoms with E-state index in [0.29, 0.717) is 5.56 Å². The molecule has 1 amide bonds. The minimum absolute atomic E-state index is 0.0205. The maximum atomic E-state index is 12.2. The van der Waals surface area contributed by atoms with E-state index in [4.69, 9.17) is 0 Å². The lowest BCUT2D eigenvalue weighted by Gasteiger charge is -2.17. The van der Waals surface area contributed by atoms with Crippen molar-refractivity contribution in [1.29, 1.82) is 0 Å². The van der Waals surface area contributed by atoms with Gasteiger partial charge in [-0.2, -0.15) is 0 Å². The van der Waals surface area contributed by atoms with Crippen LogP contribution in [0.3, 0.4) is 0 Å². The molecule has 0 fully saturated rings. The molecule has 2 rings (SSSR count). The first-order valence-electron chi connectivity index (χ1n) is 7.19. The van der Waals surface area contributed by atoms with Crippen molar-refractivity contribution in [3.8, 4) is 0 Å². The van der Waals surface area contributed by atoms with E-state index in [1.807, 2.05) is 37.3 Å². The average molecular weight is 298 g/mol. The zero-order valence-electron chi connectivity index (χ0n) is 12.4. The molecule has 114 valence electrons. The van der Waals surface area contributed by atoms with Crippen molar-refractivity contribution in [2.75, 3.05) is 0 Å². The smallest absolute Gasteiger partial charge is 0.269 e. The van der Waals surface area contributed by atoms with Crippen molar-refractivity contribution < 1.29 is 9.72 Å². The number of carbonyl (C=O) groups is 1. The molecule has 1 N–H and O–H groups in total. The molecule has 0 bridgehead atoms. The van der Waals surface area contributed by atoms with Gasteiger partial charge in [-0.25, -0.2) is 0 Å². The van der Waals surface area contributed by atoms with Crippen molar-refractivity contribution in [3.05, 3.63) is 75.8 Å². The predicted molar refractivity (Wildman–Crippen MR) is 84.8 cm³/mol. The van der Waals surface area contributed by atoms with Crippen molar-refractivity contribution in [2.24, 2.45) is 0 Å². The largest absolute Gasteiger partial charge is 0.349 e. The average Bonchev–Trinajstić information content (AvgIpc) is 2.55. The Morgan fingerprint density at radius 1 is 1.14 bits per heavy atom. The minimum Gasteiger partial charge on any atom is -0.349 e. The van der Waals surface area contributed by atoms with Crippen molar-refractivity contribution in [2.45, 2.75) is 25.8 Å². The van der Waals surface area contributed by atoms with Crippen LogP contribution in [0.5, 0.6) is 0 Å². The van der Waals surface area contributed by atoms with Crippen molar-refractivity contribution >= 4 is 11.6 Å². The van der Waals surface area contributed by atoms with Crippen LogP contribution in [0, 0.1) is 10.1 Å². The summed E-state index contributed by atoms with van der Waals surface area (Å²) in [6, 6.07) is 15.6. The maximum absolute atomic E-state index is 12.2. The third-order valence-corrected chi connectivity index (χ3v) is 3.49. The number of nitrogens with one attached hydrogen (secondary N) is 1. The van der Waals surface area contributed by atoms with Gasteiger partial charge in [-0.1, -0.05) is 37.3 Å². The first-order valence-corrected chi connectivity index (χ1v) is 7.19. The number of nitro benzene ring substituents is 1. The molecule has 0 saturated heterocycles. The number of carbonyl (C=O) groups excluding carboxylic acids is 1. The van der Waals surface area contributed by atoms with Gasteiger partial charge in [0, 0.05) is 23.7 Å². The van der Waals surface area contributed by atoms with E-state index < -0.39 is 4.92 Å². The Balaban J connectivity index is 2.01. The molecule has 0 aliphatic rings. The van der Waals surface area contributed by atoms with Gasteiger partial charge in [-0.3, -0.25) is 14.9 Å². The molecule has 0 spiro atoms. The number of nitro groups is 1. The summed E-state index contributed by atoms with van der Waals surface area (Å²) in [6.07, 6.45) is 1.57. The fourth-order valence-corrected chi connectivity index (χ4v) is 2.20. The molecule has 0 saturated carbocycles. The van der Waals surface area contributed by atoms with Crippen LogP contribution in [0.2, 0.25) is 0 Å². The van der Waals surface area contributed by atoms with Crippen LogP contribution in [0.25, 0.3) is 0 Å². The van der Waals surface area contributed by atoms with Gasteiger partial charge in [0.1, 0.15) is 0 Å². The Morgan fingerprint density at radius 3 is 2.32 bits per heavy atom. The molecule has 2 aromatic carbocycles. The fraction of sp³-hybridized carbons (Fsp3) is 0.235. The van der Waals surface area contributed by atoms with E-state index in [1.165, 1.54) is 29.8 Å². The normalized spacial score (nSPS) is 11.7. The van der Waals surface area contributed by atoms with E-state index in [-0.39, 0.29) is 17.6 Å². The number of rotatable bonds is 6. The van der Waals surface area contributed by atoms with Crippen LogP contribution in [0.1, 0.15) is 29.3 Å². The van der Waals surface area contributed by atoms with Gasteiger partial charge < -0.3 is 5.32 Å². The van der Waals surface area contributed by atoms with Gasteiger partial charge in [0.2, 0.25) is 0 Å². The summed E-state index contributed by atoms with van der Waals surface area (Å²) in [5.41, 5.74) is 1.57. The standard InChI is InChI=1S/C17H18N2O3/c1-2-15(12-13-6-4-3-5-7-13)18-17(20)14-8-10-16(11-9-14)19(21)22/h3-11,15H,2,12H2,1H3,(H,18,20). The monoisotopic (exact) mass is 298 g/mol. The summed E-state index contributed by atoms with van der Waals surface area (Å²) in [7, 11) is 0. The van der Waals surface area contributed by atoms with Gasteiger partial charge in [-0.15, -0.1) is 0 Å². The Kier molecular flexibility index (Phi) is 5.25. The molecular weight excluding hydrogens is 280 g/mol. The number of nitrogens with zero attached hydrogens (tertiary/aromatic N) is 1. The third kappa shape index (κ3) is 4.15.